The number of hydrogen-bond acceptors (Lipinski definition) is 7. The Bertz CT molecular complexity index is 1080. The van der Waals surface area contributed by atoms with Crippen LogP contribution in [0.1, 0.15) is 64.2 Å². The summed E-state index contributed by atoms with van der Waals surface area (Å²) in [7, 11) is 0. The molecule has 3 N–H and O–H groups in total. The smallest absolute Gasteiger partial charge is 0.547 e. The Morgan fingerprint density at radius 1 is 0.600 bits per heavy atom. The van der Waals surface area contributed by atoms with E-state index in [9.17, 15) is 99.9 Å². The van der Waals surface area contributed by atoms with E-state index in [0.29, 0.717) is 32.1 Å². The Labute approximate surface area is 293 Å². The SMILES string of the molecule is O=C([O-])[C@@H](O)[C@H]1O[C@@H](OCCCCCCCCCCCC(F)(F)C(F)(F)C(F)(F)C(F)(F)C(F)(F)C(F)(F)C(F)(F)C(F)(F)F)[C@H](O)[C@H]1O.[Na+]. The Kier molecular flexibility index (Phi) is 17.2. The zero-order valence-corrected chi connectivity index (χ0v) is 27.6. The number of ether oxygens (including phenoxy) is 2. The summed E-state index contributed by atoms with van der Waals surface area (Å²) >= 11 is 0. The maximum absolute atomic E-state index is 13.9. The number of rotatable bonds is 21. The van der Waals surface area contributed by atoms with Gasteiger partial charge < -0.3 is 34.7 Å². The van der Waals surface area contributed by atoms with E-state index in [4.69, 9.17) is 9.47 Å². The number of carbonyl (C=O) groups excluding carboxylic acids is 1. The van der Waals surface area contributed by atoms with Crippen molar-refractivity contribution in [2.45, 2.75) is 143 Å². The van der Waals surface area contributed by atoms with E-state index in [0.717, 1.165) is 0 Å². The van der Waals surface area contributed by atoms with Crippen LogP contribution in [0, 0.1) is 0 Å². The maximum atomic E-state index is 13.9. The molecule has 50 heavy (non-hydrogen) atoms. The van der Waals surface area contributed by atoms with E-state index in [1.165, 1.54) is 0 Å². The van der Waals surface area contributed by atoms with Gasteiger partial charge in [-0.05, 0) is 12.8 Å². The minimum absolute atomic E-state index is 0. The second-order valence-corrected chi connectivity index (χ2v) is 11.2. The summed E-state index contributed by atoms with van der Waals surface area (Å²) < 4.78 is 236. The zero-order chi connectivity index (χ0) is 38.7. The number of carboxylic acids is 1. The van der Waals surface area contributed by atoms with E-state index in [1.54, 1.807) is 0 Å². The number of hydrogen-bond donors (Lipinski definition) is 3. The maximum Gasteiger partial charge on any atom is 1.00 e. The van der Waals surface area contributed by atoms with Crippen LogP contribution >= 0.6 is 0 Å². The summed E-state index contributed by atoms with van der Waals surface area (Å²) in [4.78, 5) is 10.7. The fraction of sp³-hybridized carbons (Fsp3) is 0.960. The fourth-order valence-electron chi connectivity index (χ4n) is 4.44. The fourth-order valence-corrected chi connectivity index (χ4v) is 4.44. The first-order chi connectivity index (χ1) is 21.9. The van der Waals surface area contributed by atoms with Crippen molar-refractivity contribution in [2.24, 2.45) is 0 Å². The molecule has 0 unspecified atom stereocenters. The summed E-state index contributed by atoms with van der Waals surface area (Å²) in [5.41, 5.74) is 0. The van der Waals surface area contributed by atoms with Crippen LogP contribution in [0.2, 0.25) is 0 Å². The number of unbranched alkanes of at least 4 members (excludes halogenated alkanes) is 8. The van der Waals surface area contributed by atoms with E-state index in [1.807, 2.05) is 0 Å². The van der Waals surface area contributed by atoms with Gasteiger partial charge in [0.2, 0.25) is 0 Å². The second kappa shape index (κ2) is 17.5. The van der Waals surface area contributed by atoms with Crippen LogP contribution < -0.4 is 34.7 Å². The molecule has 1 aliphatic heterocycles. The van der Waals surface area contributed by atoms with E-state index in [2.05, 4.69) is 0 Å². The first kappa shape index (κ1) is 49.1. The Morgan fingerprint density at radius 3 is 1.36 bits per heavy atom. The Balaban J connectivity index is 0.0000240. The van der Waals surface area contributed by atoms with E-state index >= 15 is 0 Å². The van der Waals surface area contributed by atoms with Gasteiger partial charge in [0.05, 0.1) is 5.97 Å². The van der Waals surface area contributed by atoms with Crippen molar-refractivity contribution in [1.82, 2.24) is 0 Å². The molecule has 0 spiro atoms. The van der Waals surface area contributed by atoms with Crippen molar-refractivity contribution < 1.29 is 139 Å². The van der Waals surface area contributed by atoms with Crippen LogP contribution in [0.4, 0.5) is 74.6 Å². The average molecular weight is 788 g/mol. The van der Waals surface area contributed by atoms with Gasteiger partial charge in [-0.25, -0.2) is 0 Å². The van der Waals surface area contributed by atoms with Gasteiger partial charge >= 0.3 is 77.2 Å². The molecule has 25 heteroatoms. The normalized spacial score (nSPS) is 22.4. The van der Waals surface area contributed by atoms with Crippen molar-refractivity contribution in [2.75, 3.05) is 6.61 Å². The van der Waals surface area contributed by atoms with Gasteiger partial charge in [0.1, 0.15) is 24.4 Å². The average Bonchev–Trinajstić information content (AvgIpc) is 3.24. The zero-order valence-electron chi connectivity index (χ0n) is 25.6. The third-order valence-electron chi connectivity index (χ3n) is 7.51. The minimum atomic E-state index is -8.64. The van der Waals surface area contributed by atoms with Crippen LogP contribution in [0.15, 0.2) is 0 Å². The molecule has 1 saturated heterocycles. The summed E-state index contributed by atoms with van der Waals surface area (Å²) in [6.45, 7) is -0.0630. The molecule has 292 valence electrons. The predicted molar refractivity (Wildman–Crippen MR) is 124 cm³/mol. The molecule has 0 aliphatic carbocycles. The molecule has 0 amide bonds. The van der Waals surface area contributed by atoms with Crippen molar-refractivity contribution in [3.05, 3.63) is 0 Å². The number of carboxylic acid groups (broad SMARTS) is 1. The van der Waals surface area contributed by atoms with Gasteiger partial charge in [0.25, 0.3) is 0 Å². The Morgan fingerprint density at radius 2 is 0.960 bits per heavy atom. The Hall–Kier alpha value is -0.920. The number of halogens is 17. The van der Waals surface area contributed by atoms with Gasteiger partial charge in [0, 0.05) is 13.0 Å². The van der Waals surface area contributed by atoms with Crippen molar-refractivity contribution in [3.8, 4) is 0 Å². The van der Waals surface area contributed by atoms with E-state index in [-0.39, 0.29) is 49.0 Å². The van der Waals surface area contributed by atoms with Gasteiger partial charge in [0.15, 0.2) is 6.29 Å². The molecule has 0 radical (unpaired) electrons. The van der Waals surface area contributed by atoms with Crippen LogP contribution in [-0.2, 0) is 14.3 Å². The summed E-state index contributed by atoms with van der Waals surface area (Å²) in [6, 6.07) is 0. The standard InChI is InChI=1S/C25H31F17O7.Na/c26-18(27,19(28,29)20(30,31)21(32,33)22(34,35)23(36,37)24(38,39)25(40,41)42)10-8-6-4-2-1-3-5-7-9-11-48-17-13(44)12(43)15(49-17)14(45)16(46)47;/h12-15,17,43-45H,1-11H2,(H,46,47);/q;+1/p-1/t12-,13-,14+,15+,17-;/m1./s1. The molecule has 5 atom stereocenters. The quantitative estimate of drug-likeness (QED) is 0.0931. The minimum Gasteiger partial charge on any atom is -0.547 e. The predicted octanol–water partition coefficient (Wildman–Crippen LogP) is 2.47. The summed E-state index contributed by atoms with van der Waals surface area (Å²) in [5, 5.41) is 39.6. The molecule has 0 bridgehead atoms. The molecule has 0 aromatic rings. The molecular weight excluding hydrogens is 758 g/mol. The van der Waals surface area contributed by atoms with Gasteiger partial charge in [-0.15, -0.1) is 0 Å². The van der Waals surface area contributed by atoms with Crippen LogP contribution in [0.5, 0.6) is 0 Å². The largest absolute Gasteiger partial charge is 1.00 e. The van der Waals surface area contributed by atoms with Crippen LogP contribution in [0.25, 0.3) is 0 Å². The molecule has 0 saturated carbocycles. The van der Waals surface area contributed by atoms with Gasteiger partial charge in [-0.1, -0.05) is 44.9 Å². The molecule has 7 nitrogen and oxygen atoms in total. The van der Waals surface area contributed by atoms with Gasteiger partial charge in [-0.3, -0.25) is 0 Å². The topological polar surface area (TPSA) is 119 Å². The number of aliphatic hydroxyl groups excluding tert-OH is 3. The number of aliphatic carboxylic acids is 1. The number of aliphatic hydroxyl groups is 3. The molecule has 1 fully saturated rings. The van der Waals surface area contributed by atoms with Crippen molar-refractivity contribution in [3.63, 3.8) is 0 Å². The number of carbonyl (C=O) groups is 1. The molecular formula is C25H30F17NaO7. The van der Waals surface area contributed by atoms with Crippen LogP contribution in [-0.4, -0.2) is 106 Å². The molecule has 0 aromatic heterocycles. The second-order valence-electron chi connectivity index (χ2n) is 11.2. The van der Waals surface area contributed by atoms with Crippen LogP contribution in [0.3, 0.4) is 0 Å². The molecule has 1 heterocycles. The van der Waals surface area contributed by atoms with Crippen molar-refractivity contribution in [1.29, 1.82) is 0 Å². The summed E-state index contributed by atoms with van der Waals surface area (Å²) in [5.74, 6) is -58.2. The number of alkyl halides is 17. The third-order valence-corrected chi connectivity index (χ3v) is 7.51. The van der Waals surface area contributed by atoms with Gasteiger partial charge in [-0.2, -0.15) is 74.6 Å². The first-order valence-corrected chi connectivity index (χ1v) is 14.1. The molecule has 1 aliphatic rings. The monoisotopic (exact) mass is 788 g/mol. The molecule has 1 rings (SSSR count). The van der Waals surface area contributed by atoms with Crippen molar-refractivity contribution >= 4 is 5.97 Å². The molecule has 0 aromatic carbocycles. The summed E-state index contributed by atoms with van der Waals surface area (Å²) in [6.07, 6.45) is -18.5. The first-order valence-electron chi connectivity index (χ1n) is 14.1. The third kappa shape index (κ3) is 9.59. The van der Waals surface area contributed by atoms with E-state index < -0.39 is 104 Å².